The Morgan fingerprint density at radius 3 is 2.07 bits per heavy atom. The van der Waals surface area contributed by atoms with Crippen molar-refractivity contribution in [1.29, 1.82) is 0 Å². The summed E-state index contributed by atoms with van der Waals surface area (Å²) in [4.78, 5) is 31.7. The van der Waals surface area contributed by atoms with Crippen molar-refractivity contribution in [2.75, 3.05) is 13.1 Å². The van der Waals surface area contributed by atoms with Crippen LogP contribution in [-0.2, 0) is 23.3 Å². The van der Waals surface area contributed by atoms with Crippen molar-refractivity contribution in [3.63, 3.8) is 0 Å². The van der Waals surface area contributed by atoms with E-state index in [0.29, 0.717) is 29.5 Å². The van der Waals surface area contributed by atoms with Gasteiger partial charge in [0.05, 0.1) is 18.4 Å². The molecule has 1 amide bonds. The highest BCUT2D eigenvalue weighted by Crippen LogP contribution is 2.42. The van der Waals surface area contributed by atoms with Gasteiger partial charge in [-0.15, -0.1) is 0 Å². The molecule has 2 heterocycles. The van der Waals surface area contributed by atoms with Crippen LogP contribution in [0.2, 0.25) is 5.02 Å². The van der Waals surface area contributed by atoms with Crippen molar-refractivity contribution in [1.82, 2.24) is 19.8 Å². The molecule has 7 nitrogen and oxygen atoms in total. The molecule has 5 rings (SSSR count). The Morgan fingerprint density at radius 2 is 1.51 bits per heavy atom. The Kier molecular flexibility index (Phi) is 8.86. The normalized spacial score (nSPS) is 15.8. The van der Waals surface area contributed by atoms with Crippen molar-refractivity contribution >= 4 is 23.5 Å². The Bertz CT molecular complexity index is 1420. The Hall–Kier alpha value is -3.94. The number of carboxylic acid groups (broad SMARTS) is 1. The fraction of sp³-hybridized carbons (Fsp3) is 0.303. The van der Waals surface area contributed by atoms with Crippen LogP contribution in [-0.4, -0.2) is 50.6 Å². The van der Waals surface area contributed by atoms with Crippen LogP contribution in [0.4, 0.5) is 0 Å². The van der Waals surface area contributed by atoms with Crippen molar-refractivity contribution in [3.05, 3.63) is 124 Å². The number of nitrogens with zero attached hydrogens (tertiary/aromatic N) is 3. The zero-order valence-corrected chi connectivity index (χ0v) is 23.9. The average Bonchev–Trinajstić information content (AvgIpc) is 3.37. The third kappa shape index (κ3) is 6.69. The van der Waals surface area contributed by atoms with Crippen molar-refractivity contribution in [2.24, 2.45) is 0 Å². The second-order valence-corrected chi connectivity index (χ2v) is 11.3. The summed E-state index contributed by atoms with van der Waals surface area (Å²) in [6.07, 6.45) is 3.44. The first-order chi connectivity index (χ1) is 19.8. The zero-order chi connectivity index (χ0) is 28.8. The fourth-order valence-corrected chi connectivity index (χ4v) is 6.00. The maximum atomic E-state index is 13.5. The predicted octanol–water partition coefficient (Wildman–Crippen LogP) is 5.76. The minimum atomic E-state index is -0.957. The fourth-order valence-electron chi connectivity index (χ4n) is 5.88. The summed E-state index contributed by atoms with van der Waals surface area (Å²) < 4.78 is 1.84. The lowest BCUT2D eigenvalue weighted by Crippen LogP contribution is -2.43. The molecule has 0 bridgehead atoms. The molecule has 3 aromatic carbocycles. The highest BCUT2D eigenvalue weighted by Gasteiger charge is 2.38. The number of aromatic nitrogens is 2. The van der Waals surface area contributed by atoms with Gasteiger partial charge in [-0.3, -0.25) is 14.5 Å². The molecule has 8 heteroatoms. The molecule has 1 saturated heterocycles. The average molecular weight is 571 g/mol. The molecule has 1 aliphatic rings. The molecule has 0 aliphatic carbocycles. The molecular formula is C33H35ClN4O3. The monoisotopic (exact) mass is 570 g/mol. The second-order valence-electron chi connectivity index (χ2n) is 10.9. The molecule has 0 radical (unpaired) electrons. The van der Waals surface area contributed by atoms with Gasteiger partial charge in [-0.2, -0.15) is 0 Å². The summed E-state index contributed by atoms with van der Waals surface area (Å²) in [6, 6.07) is 28.4. The van der Waals surface area contributed by atoms with Crippen LogP contribution < -0.4 is 5.32 Å². The van der Waals surface area contributed by atoms with E-state index in [-0.39, 0.29) is 17.7 Å². The number of aliphatic carboxylic acids is 1. The molecule has 1 fully saturated rings. The highest BCUT2D eigenvalue weighted by molar-refractivity contribution is 6.30. The Morgan fingerprint density at radius 1 is 0.927 bits per heavy atom. The smallest absolute Gasteiger partial charge is 0.305 e. The minimum absolute atomic E-state index is 0.0700. The number of halogens is 1. The van der Waals surface area contributed by atoms with Gasteiger partial charge < -0.3 is 15.0 Å². The maximum absolute atomic E-state index is 13.5. The lowest BCUT2D eigenvalue weighted by Gasteiger charge is -2.43. The first-order valence-electron chi connectivity index (χ1n) is 14.0. The van der Waals surface area contributed by atoms with Gasteiger partial charge in [-0.25, -0.2) is 4.98 Å². The van der Waals surface area contributed by atoms with Crippen LogP contribution in [0.5, 0.6) is 0 Å². The first kappa shape index (κ1) is 28.6. The van der Waals surface area contributed by atoms with E-state index in [1.165, 1.54) is 11.1 Å². The van der Waals surface area contributed by atoms with Crippen LogP contribution in [0.1, 0.15) is 59.1 Å². The number of likely N-dealkylation sites (tertiary alicyclic amines) is 1. The molecular weight excluding hydrogens is 536 g/mol. The number of hydrogen-bond donors (Lipinski definition) is 2. The van der Waals surface area contributed by atoms with E-state index >= 15 is 0 Å². The van der Waals surface area contributed by atoms with E-state index in [0.717, 1.165) is 31.5 Å². The van der Waals surface area contributed by atoms with Gasteiger partial charge >= 0.3 is 5.97 Å². The summed E-state index contributed by atoms with van der Waals surface area (Å²) in [7, 11) is 0. The molecule has 4 aromatic rings. The first-order valence-corrected chi connectivity index (χ1v) is 14.4. The van der Waals surface area contributed by atoms with Crippen LogP contribution in [0.3, 0.4) is 0 Å². The number of carbonyl (C=O) groups excluding carboxylic acids is 1. The molecule has 1 aliphatic heterocycles. The van der Waals surface area contributed by atoms with Gasteiger partial charge in [0.2, 0.25) is 0 Å². The van der Waals surface area contributed by atoms with Crippen LogP contribution in [0, 0.1) is 0 Å². The number of carboxylic acids is 1. The minimum Gasteiger partial charge on any atom is -0.481 e. The molecule has 41 heavy (non-hydrogen) atoms. The van der Waals surface area contributed by atoms with Crippen molar-refractivity contribution in [2.45, 2.75) is 50.7 Å². The Balaban J connectivity index is 1.38. The second kappa shape index (κ2) is 12.7. The summed E-state index contributed by atoms with van der Waals surface area (Å²) in [5, 5.41) is 12.7. The number of nitrogens with one attached hydrogen (secondary N) is 1. The summed E-state index contributed by atoms with van der Waals surface area (Å²) in [5.41, 5.74) is 4.71. The third-order valence-electron chi connectivity index (χ3n) is 7.99. The molecule has 2 N–H and O–H groups in total. The van der Waals surface area contributed by atoms with Crippen molar-refractivity contribution in [3.8, 4) is 0 Å². The van der Waals surface area contributed by atoms with Crippen molar-refractivity contribution < 1.29 is 14.7 Å². The number of amides is 1. The highest BCUT2D eigenvalue weighted by atomic mass is 35.5. The van der Waals surface area contributed by atoms with Gasteiger partial charge in [0, 0.05) is 29.6 Å². The summed E-state index contributed by atoms with van der Waals surface area (Å²) in [5.74, 6) is -1.28. The quantitative estimate of drug-likeness (QED) is 0.253. The van der Waals surface area contributed by atoms with E-state index < -0.39 is 12.0 Å². The molecule has 0 spiro atoms. The SMILES string of the molecule is CC(CC(=O)O)NC(=O)c1c(CN2CCC(c3ccccc3)(c3ccccc3)CC2)ncn1Cc1ccc(Cl)cc1. The lowest BCUT2D eigenvalue weighted by atomic mass is 9.68. The topological polar surface area (TPSA) is 87.5 Å². The van der Waals surface area contributed by atoms with E-state index in [9.17, 15) is 14.7 Å². The standard InChI is InChI=1S/C33H35ClN4O3/c1-24(20-30(39)40)36-32(41)31-29(35-23-38(31)21-25-12-14-28(34)15-13-25)22-37-18-16-33(17-19-37,26-8-4-2-5-9-26)27-10-6-3-7-11-27/h2-15,23-24H,16-22H2,1H3,(H,36,41)(H,39,40). The predicted molar refractivity (Wildman–Crippen MR) is 160 cm³/mol. The molecule has 0 saturated carbocycles. The summed E-state index contributed by atoms with van der Waals surface area (Å²) >= 11 is 6.07. The Labute approximate surface area is 245 Å². The van der Waals surface area contributed by atoms with Crippen LogP contribution in [0.25, 0.3) is 0 Å². The van der Waals surface area contributed by atoms with Gasteiger partial charge in [-0.05, 0) is 61.7 Å². The third-order valence-corrected chi connectivity index (χ3v) is 8.24. The molecule has 1 aromatic heterocycles. The number of rotatable bonds is 10. The number of imidazole rings is 1. The maximum Gasteiger partial charge on any atom is 0.305 e. The molecule has 1 atom stereocenters. The van der Waals surface area contributed by atoms with E-state index in [1.54, 1.807) is 13.3 Å². The van der Waals surface area contributed by atoms with Gasteiger partial charge in [0.25, 0.3) is 5.91 Å². The molecule has 1 unspecified atom stereocenters. The van der Waals surface area contributed by atoms with Gasteiger partial charge in [0.15, 0.2) is 0 Å². The van der Waals surface area contributed by atoms with Gasteiger partial charge in [-0.1, -0.05) is 84.4 Å². The lowest BCUT2D eigenvalue weighted by molar-refractivity contribution is -0.137. The zero-order valence-electron chi connectivity index (χ0n) is 23.2. The van der Waals surface area contributed by atoms with Crippen LogP contribution >= 0.6 is 11.6 Å². The van der Waals surface area contributed by atoms with Gasteiger partial charge in [0.1, 0.15) is 5.69 Å². The number of carbonyl (C=O) groups is 2. The largest absolute Gasteiger partial charge is 0.481 e. The molecule has 212 valence electrons. The van der Waals surface area contributed by atoms with Crippen LogP contribution in [0.15, 0.2) is 91.3 Å². The van der Waals surface area contributed by atoms with E-state index in [1.807, 2.05) is 28.8 Å². The summed E-state index contributed by atoms with van der Waals surface area (Å²) in [6.45, 7) is 4.38. The number of hydrogen-bond acceptors (Lipinski definition) is 4. The number of benzene rings is 3. The van der Waals surface area contributed by atoms with E-state index in [4.69, 9.17) is 11.6 Å². The number of piperidine rings is 1. The van der Waals surface area contributed by atoms with E-state index in [2.05, 4.69) is 75.9 Å².